The SMILES string of the molecule is Cc1ccc(Oc2ccc(SC3(C(=O)NO)CCOCC3)cc2)cc1. The maximum Gasteiger partial charge on any atom is 0.260 e. The lowest BCUT2D eigenvalue weighted by atomic mass is 9.98. The molecule has 1 saturated heterocycles. The molecular weight excluding hydrogens is 338 g/mol. The van der Waals surface area contributed by atoms with Gasteiger partial charge in [0.2, 0.25) is 0 Å². The van der Waals surface area contributed by atoms with Crippen LogP contribution in [0.5, 0.6) is 11.5 Å². The molecule has 1 aliphatic heterocycles. The van der Waals surface area contributed by atoms with Crippen molar-refractivity contribution in [2.45, 2.75) is 29.4 Å². The number of hydrogen-bond donors (Lipinski definition) is 2. The quantitative estimate of drug-likeness (QED) is 0.625. The summed E-state index contributed by atoms with van der Waals surface area (Å²) in [6.07, 6.45) is 1.12. The van der Waals surface area contributed by atoms with Crippen molar-refractivity contribution >= 4 is 17.7 Å². The Balaban J connectivity index is 1.70. The van der Waals surface area contributed by atoms with E-state index in [1.165, 1.54) is 17.3 Å². The van der Waals surface area contributed by atoms with E-state index in [0.29, 0.717) is 26.1 Å². The molecule has 1 amide bonds. The van der Waals surface area contributed by atoms with Gasteiger partial charge in [0.25, 0.3) is 5.91 Å². The number of rotatable bonds is 5. The second kappa shape index (κ2) is 7.91. The van der Waals surface area contributed by atoms with Crippen LogP contribution in [0, 0.1) is 6.92 Å². The van der Waals surface area contributed by atoms with Crippen molar-refractivity contribution in [1.82, 2.24) is 5.48 Å². The molecule has 0 radical (unpaired) electrons. The summed E-state index contributed by atoms with van der Waals surface area (Å²) in [4.78, 5) is 13.1. The first-order chi connectivity index (χ1) is 12.1. The van der Waals surface area contributed by atoms with Gasteiger partial charge < -0.3 is 9.47 Å². The Morgan fingerprint density at radius 1 is 1.08 bits per heavy atom. The molecule has 0 aliphatic carbocycles. The molecule has 3 rings (SSSR count). The van der Waals surface area contributed by atoms with Crippen LogP contribution >= 0.6 is 11.8 Å². The monoisotopic (exact) mass is 359 g/mol. The zero-order valence-electron chi connectivity index (χ0n) is 14.0. The highest BCUT2D eigenvalue weighted by molar-refractivity contribution is 8.01. The standard InChI is InChI=1S/C19H21NO4S/c1-14-2-4-15(5-3-14)24-16-6-8-17(9-7-16)25-19(18(21)20-22)10-12-23-13-11-19/h2-9,22H,10-13H2,1H3,(H,20,21). The second-order valence-corrected chi connectivity index (χ2v) is 7.49. The van der Waals surface area contributed by atoms with Crippen molar-refractivity contribution in [2.24, 2.45) is 0 Å². The fourth-order valence-electron chi connectivity index (χ4n) is 2.72. The van der Waals surface area contributed by atoms with Gasteiger partial charge in [-0.3, -0.25) is 10.0 Å². The molecular formula is C19H21NO4S. The molecule has 2 aromatic rings. The first kappa shape index (κ1) is 17.8. The van der Waals surface area contributed by atoms with Crippen molar-refractivity contribution < 1.29 is 19.5 Å². The second-order valence-electron chi connectivity index (χ2n) is 6.04. The Morgan fingerprint density at radius 2 is 1.64 bits per heavy atom. The van der Waals surface area contributed by atoms with E-state index < -0.39 is 4.75 Å². The number of benzene rings is 2. The fraction of sp³-hybridized carbons (Fsp3) is 0.316. The van der Waals surface area contributed by atoms with E-state index in [1.54, 1.807) is 5.48 Å². The molecule has 1 fully saturated rings. The van der Waals surface area contributed by atoms with Gasteiger partial charge in [0.1, 0.15) is 16.2 Å². The van der Waals surface area contributed by atoms with Gasteiger partial charge in [-0.1, -0.05) is 17.7 Å². The normalized spacial score (nSPS) is 16.2. The number of nitrogens with one attached hydrogen (secondary N) is 1. The number of carbonyl (C=O) groups is 1. The van der Waals surface area contributed by atoms with Crippen LogP contribution in [0.15, 0.2) is 53.4 Å². The number of carbonyl (C=O) groups excluding carboxylic acids is 1. The number of hydroxylamine groups is 1. The Bertz CT molecular complexity index is 709. The van der Waals surface area contributed by atoms with Crippen molar-refractivity contribution in [1.29, 1.82) is 0 Å². The molecule has 0 saturated carbocycles. The number of thioether (sulfide) groups is 1. The minimum Gasteiger partial charge on any atom is -0.457 e. The molecule has 2 aromatic carbocycles. The van der Waals surface area contributed by atoms with Gasteiger partial charge in [0, 0.05) is 18.1 Å². The van der Waals surface area contributed by atoms with E-state index in [-0.39, 0.29) is 5.91 Å². The van der Waals surface area contributed by atoms with Gasteiger partial charge in [-0.05, 0) is 56.2 Å². The highest BCUT2D eigenvalue weighted by Crippen LogP contribution is 2.41. The molecule has 0 bridgehead atoms. The zero-order chi connectivity index (χ0) is 17.7. The van der Waals surface area contributed by atoms with E-state index in [2.05, 4.69) is 0 Å². The molecule has 1 aliphatic rings. The molecule has 25 heavy (non-hydrogen) atoms. The lowest BCUT2D eigenvalue weighted by Crippen LogP contribution is -2.46. The smallest absolute Gasteiger partial charge is 0.260 e. The average molecular weight is 359 g/mol. The minimum absolute atomic E-state index is 0.374. The first-order valence-corrected chi connectivity index (χ1v) is 8.99. The van der Waals surface area contributed by atoms with Crippen molar-refractivity contribution in [3.63, 3.8) is 0 Å². The molecule has 0 spiro atoms. The van der Waals surface area contributed by atoms with Crippen molar-refractivity contribution in [3.8, 4) is 11.5 Å². The maximum atomic E-state index is 12.2. The fourth-order valence-corrected chi connectivity index (χ4v) is 3.95. The lowest BCUT2D eigenvalue weighted by molar-refractivity contribution is -0.134. The average Bonchev–Trinajstić information content (AvgIpc) is 2.65. The molecule has 0 unspecified atom stereocenters. The van der Waals surface area contributed by atoms with Crippen LogP contribution in [0.2, 0.25) is 0 Å². The van der Waals surface area contributed by atoms with E-state index >= 15 is 0 Å². The number of amides is 1. The van der Waals surface area contributed by atoms with E-state index in [0.717, 1.165) is 16.4 Å². The van der Waals surface area contributed by atoms with Crippen molar-refractivity contribution in [3.05, 3.63) is 54.1 Å². The van der Waals surface area contributed by atoms with Crippen LogP contribution in [0.1, 0.15) is 18.4 Å². The van der Waals surface area contributed by atoms with E-state index in [1.807, 2.05) is 55.5 Å². The van der Waals surface area contributed by atoms with Gasteiger partial charge in [-0.15, -0.1) is 11.8 Å². The Kier molecular flexibility index (Phi) is 5.63. The summed E-state index contributed by atoms with van der Waals surface area (Å²) in [7, 11) is 0. The highest BCUT2D eigenvalue weighted by Gasteiger charge is 2.41. The number of ether oxygens (including phenoxy) is 2. The Labute approximate surface area is 151 Å². The summed E-state index contributed by atoms with van der Waals surface area (Å²) in [5, 5.41) is 9.08. The van der Waals surface area contributed by atoms with Gasteiger partial charge in [0.15, 0.2) is 0 Å². The van der Waals surface area contributed by atoms with E-state index in [4.69, 9.17) is 14.7 Å². The van der Waals surface area contributed by atoms with Gasteiger partial charge >= 0.3 is 0 Å². The lowest BCUT2D eigenvalue weighted by Gasteiger charge is -2.34. The molecule has 6 heteroatoms. The maximum absolute atomic E-state index is 12.2. The van der Waals surface area contributed by atoms with Crippen LogP contribution in [-0.4, -0.2) is 29.1 Å². The Hall–Kier alpha value is -2.02. The summed E-state index contributed by atoms with van der Waals surface area (Å²) in [6.45, 7) is 3.05. The number of aryl methyl sites for hydroxylation is 1. The molecule has 0 aromatic heterocycles. The highest BCUT2D eigenvalue weighted by atomic mass is 32.2. The summed E-state index contributed by atoms with van der Waals surface area (Å²) >= 11 is 1.45. The number of hydrogen-bond acceptors (Lipinski definition) is 5. The zero-order valence-corrected chi connectivity index (χ0v) is 14.8. The van der Waals surface area contributed by atoms with Crippen LogP contribution in [0.3, 0.4) is 0 Å². The van der Waals surface area contributed by atoms with Gasteiger partial charge in [-0.25, -0.2) is 5.48 Å². The molecule has 0 atom stereocenters. The van der Waals surface area contributed by atoms with Crippen LogP contribution in [0.4, 0.5) is 0 Å². The largest absolute Gasteiger partial charge is 0.457 e. The van der Waals surface area contributed by atoms with E-state index in [9.17, 15) is 4.79 Å². The third-order valence-corrected chi connectivity index (χ3v) is 5.70. The van der Waals surface area contributed by atoms with Crippen LogP contribution in [0.25, 0.3) is 0 Å². The predicted molar refractivity (Wildman–Crippen MR) is 96.3 cm³/mol. The summed E-state index contributed by atoms with van der Waals surface area (Å²) in [5.41, 5.74) is 2.99. The Morgan fingerprint density at radius 3 is 2.20 bits per heavy atom. The molecule has 5 nitrogen and oxygen atoms in total. The van der Waals surface area contributed by atoms with Crippen molar-refractivity contribution in [2.75, 3.05) is 13.2 Å². The minimum atomic E-state index is -0.702. The summed E-state index contributed by atoms with van der Waals surface area (Å²) < 4.78 is 10.5. The van der Waals surface area contributed by atoms with Gasteiger partial charge in [0.05, 0.1) is 0 Å². The summed E-state index contributed by atoms with van der Waals surface area (Å²) in [6, 6.07) is 15.5. The molecule has 132 valence electrons. The third-order valence-electron chi connectivity index (χ3n) is 4.21. The topological polar surface area (TPSA) is 67.8 Å². The summed E-state index contributed by atoms with van der Waals surface area (Å²) in [5.74, 6) is 1.15. The third kappa shape index (κ3) is 4.34. The molecule has 2 N–H and O–H groups in total. The molecule has 1 heterocycles. The predicted octanol–water partition coefficient (Wildman–Crippen LogP) is 3.93. The van der Waals surface area contributed by atoms with Crippen LogP contribution < -0.4 is 10.2 Å². The first-order valence-electron chi connectivity index (χ1n) is 8.17. The van der Waals surface area contributed by atoms with Gasteiger partial charge in [-0.2, -0.15) is 0 Å². The van der Waals surface area contributed by atoms with Crippen LogP contribution in [-0.2, 0) is 9.53 Å².